The van der Waals surface area contributed by atoms with Crippen LogP contribution in [0.15, 0.2) is 12.0 Å². The Morgan fingerprint density at radius 3 is 2.48 bits per heavy atom. The number of aliphatic hydroxyl groups is 2. The van der Waals surface area contributed by atoms with Gasteiger partial charge in [-0.1, -0.05) is 13.8 Å². The molecule has 4 N–H and O–H groups in total. The molecule has 0 spiro atoms. The van der Waals surface area contributed by atoms with E-state index in [4.69, 9.17) is 20.0 Å². The second-order valence-corrected chi connectivity index (χ2v) is 8.07. The van der Waals surface area contributed by atoms with Crippen LogP contribution >= 0.6 is 0 Å². The van der Waals surface area contributed by atoms with E-state index in [9.17, 15) is 9.90 Å². The maximum absolute atomic E-state index is 12.7. The number of rotatable bonds is 10. The van der Waals surface area contributed by atoms with Gasteiger partial charge < -0.3 is 25.1 Å². The second-order valence-electron chi connectivity index (χ2n) is 8.07. The molecule has 0 bridgehead atoms. The van der Waals surface area contributed by atoms with Gasteiger partial charge in [-0.05, 0) is 33.7 Å². The molecular formula is C19H35N3O5. The molecule has 156 valence electrons. The fourth-order valence-corrected chi connectivity index (χ4v) is 2.80. The van der Waals surface area contributed by atoms with Crippen LogP contribution in [0.3, 0.4) is 0 Å². The fourth-order valence-electron chi connectivity index (χ4n) is 2.80. The molecule has 1 heterocycles. The molecule has 0 aromatic heterocycles. The van der Waals surface area contributed by atoms with Crippen molar-refractivity contribution >= 4 is 11.6 Å². The van der Waals surface area contributed by atoms with Crippen molar-refractivity contribution in [2.45, 2.75) is 52.1 Å². The monoisotopic (exact) mass is 385 g/mol. The quantitative estimate of drug-likeness (QED) is 0.257. The number of carbonyl (C=O) groups excluding carboxylic acids is 1. The number of amides is 1. The lowest BCUT2D eigenvalue weighted by atomic mass is 9.88. The van der Waals surface area contributed by atoms with Gasteiger partial charge in [0.25, 0.3) is 0 Å². The van der Waals surface area contributed by atoms with Gasteiger partial charge in [0.2, 0.25) is 5.91 Å². The molecule has 0 radical (unpaired) electrons. The van der Waals surface area contributed by atoms with Gasteiger partial charge in [-0.25, -0.2) is 0 Å². The smallest absolute Gasteiger partial charge is 0.246 e. The highest BCUT2D eigenvalue weighted by atomic mass is 16.5. The van der Waals surface area contributed by atoms with Crippen LogP contribution in [0.5, 0.6) is 0 Å². The summed E-state index contributed by atoms with van der Waals surface area (Å²) in [6, 6.07) is 0.242. The standard InChI is InChI=1S/C19H35N3O5/c1-18(2,13-27-11-8-23)15(20)12-16(24)21-17(25)19(3,4)22(5)14-6-9-26-10-7-14/h12,14,20,23-24H,6-11,13H2,1-5H3,(H,21,25)/b16-12-,20-15?. The van der Waals surface area contributed by atoms with Crippen molar-refractivity contribution in [1.82, 2.24) is 10.2 Å². The van der Waals surface area contributed by atoms with Crippen molar-refractivity contribution < 1.29 is 24.5 Å². The molecule has 1 aliphatic rings. The van der Waals surface area contributed by atoms with E-state index in [0.29, 0.717) is 13.2 Å². The van der Waals surface area contributed by atoms with E-state index in [1.807, 2.05) is 25.8 Å². The van der Waals surface area contributed by atoms with Gasteiger partial charge in [-0.3, -0.25) is 15.0 Å². The Labute approximate surface area is 162 Å². The molecule has 0 unspecified atom stereocenters. The van der Waals surface area contributed by atoms with E-state index in [1.165, 1.54) is 6.08 Å². The molecule has 0 aliphatic carbocycles. The number of allylic oxidation sites excluding steroid dienone is 1. The van der Waals surface area contributed by atoms with Crippen LogP contribution in [0.4, 0.5) is 0 Å². The first kappa shape index (κ1) is 23.6. The summed E-state index contributed by atoms with van der Waals surface area (Å²) in [5, 5.41) is 29.6. The van der Waals surface area contributed by atoms with Crippen molar-refractivity contribution in [2.24, 2.45) is 5.41 Å². The summed E-state index contributed by atoms with van der Waals surface area (Å²) in [6.45, 7) is 8.90. The van der Waals surface area contributed by atoms with Gasteiger partial charge in [0.15, 0.2) is 5.88 Å². The van der Waals surface area contributed by atoms with Crippen LogP contribution in [0.25, 0.3) is 0 Å². The van der Waals surface area contributed by atoms with Crippen molar-refractivity contribution in [3.63, 3.8) is 0 Å². The van der Waals surface area contributed by atoms with Crippen molar-refractivity contribution in [1.29, 1.82) is 5.41 Å². The Kier molecular flexibility index (Phi) is 8.87. The fraction of sp³-hybridized carbons (Fsp3) is 0.789. The molecule has 1 amide bonds. The Hall–Kier alpha value is -1.48. The second kappa shape index (κ2) is 10.2. The van der Waals surface area contributed by atoms with Gasteiger partial charge in [-0.15, -0.1) is 0 Å². The van der Waals surface area contributed by atoms with Crippen molar-refractivity contribution in [3.8, 4) is 0 Å². The van der Waals surface area contributed by atoms with E-state index in [2.05, 4.69) is 5.32 Å². The molecule has 8 nitrogen and oxygen atoms in total. The van der Waals surface area contributed by atoms with Crippen LogP contribution < -0.4 is 5.32 Å². The maximum atomic E-state index is 12.7. The summed E-state index contributed by atoms with van der Waals surface area (Å²) in [5.74, 6) is -0.707. The Morgan fingerprint density at radius 2 is 1.93 bits per heavy atom. The summed E-state index contributed by atoms with van der Waals surface area (Å²) in [6.07, 6.45) is 2.95. The summed E-state index contributed by atoms with van der Waals surface area (Å²) in [7, 11) is 1.90. The van der Waals surface area contributed by atoms with Crippen LogP contribution in [-0.4, -0.2) is 78.4 Å². The van der Waals surface area contributed by atoms with E-state index in [1.54, 1.807) is 13.8 Å². The van der Waals surface area contributed by atoms with E-state index in [-0.39, 0.29) is 43.4 Å². The zero-order valence-electron chi connectivity index (χ0n) is 17.2. The van der Waals surface area contributed by atoms with Gasteiger partial charge in [0, 0.05) is 36.5 Å². The lowest BCUT2D eigenvalue weighted by Gasteiger charge is -2.41. The summed E-state index contributed by atoms with van der Waals surface area (Å²) >= 11 is 0. The summed E-state index contributed by atoms with van der Waals surface area (Å²) in [4.78, 5) is 14.7. The Balaban J connectivity index is 2.69. The molecule has 0 saturated carbocycles. The van der Waals surface area contributed by atoms with Gasteiger partial charge in [0.05, 0.1) is 25.4 Å². The Morgan fingerprint density at radius 1 is 1.33 bits per heavy atom. The third kappa shape index (κ3) is 6.88. The predicted molar refractivity (Wildman–Crippen MR) is 104 cm³/mol. The summed E-state index contributed by atoms with van der Waals surface area (Å²) in [5.41, 5.74) is -1.37. The van der Waals surface area contributed by atoms with Crippen molar-refractivity contribution in [2.75, 3.05) is 40.1 Å². The van der Waals surface area contributed by atoms with Crippen LogP contribution in [0, 0.1) is 10.8 Å². The molecule has 1 saturated heterocycles. The first-order chi connectivity index (χ1) is 12.5. The normalized spacial score (nSPS) is 17.2. The third-order valence-corrected chi connectivity index (χ3v) is 5.13. The van der Waals surface area contributed by atoms with E-state index in [0.717, 1.165) is 12.8 Å². The number of carbonyl (C=O) groups is 1. The largest absolute Gasteiger partial charge is 0.494 e. The first-order valence-corrected chi connectivity index (χ1v) is 9.33. The molecule has 1 rings (SSSR count). The number of ether oxygens (including phenoxy) is 2. The van der Waals surface area contributed by atoms with Crippen LogP contribution in [0.1, 0.15) is 40.5 Å². The molecule has 0 aromatic carbocycles. The Bertz CT molecular complexity index is 539. The number of likely N-dealkylation sites (N-methyl/N-ethyl adjacent to an activating group) is 1. The van der Waals surface area contributed by atoms with Crippen LogP contribution in [0.2, 0.25) is 0 Å². The average Bonchev–Trinajstić information content (AvgIpc) is 2.61. The molecule has 1 aliphatic heterocycles. The van der Waals surface area contributed by atoms with Crippen molar-refractivity contribution in [3.05, 3.63) is 12.0 Å². The predicted octanol–water partition coefficient (Wildman–Crippen LogP) is 1.45. The number of hydrogen-bond acceptors (Lipinski definition) is 7. The number of hydrogen-bond donors (Lipinski definition) is 4. The lowest BCUT2D eigenvalue weighted by Crippen LogP contribution is -2.57. The SMILES string of the molecule is CN(C1CCOCC1)C(C)(C)C(=O)N/C(O)=C/C(=N)C(C)(C)COCCO. The third-order valence-electron chi connectivity index (χ3n) is 5.13. The zero-order chi connectivity index (χ0) is 20.7. The number of nitrogens with zero attached hydrogens (tertiary/aromatic N) is 1. The molecule has 0 atom stereocenters. The average molecular weight is 386 g/mol. The minimum absolute atomic E-state index is 0.0870. The van der Waals surface area contributed by atoms with Crippen LogP contribution in [-0.2, 0) is 14.3 Å². The first-order valence-electron chi connectivity index (χ1n) is 9.33. The topological polar surface area (TPSA) is 115 Å². The molecule has 27 heavy (non-hydrogen) atoms. The maximum Gasteiger partial charge on any atom is 0.246 e. The number of aliphatic hydroxyl groups excluding tert-OH is 2. The zero-order valence-corrected chi connectivity index (χ0v) is 17.2. The van der Waals surface area contributed by atoms with Gasteiger partial charge >= 0.3 is 0 Å². The van der Waals surface area contributed by atoms with Gasteiger partial charge in [-0.2, -0.15) is 0 Å². The molecular weight excluding hydrogens is 350 g/mol. The highest BCUT2D eigenvalue weighted by molar-refractivity contribution is 5.98. The highest BCUT2D eigenvalue weighted by Crippen LogP contribution is 2.23. The minimum Gasteiger partial charge on any atom is -0.494 e. The lowest BCUT2D eigenvalue weighted by molar-refractivity contribution is -0.133. The molecule has 1 fully saturated rings. The minimum atomic E-state index is -0.828. The highest BCUT2D eigenvalue weighted by Gasteiger charge is 2.37. The molecule has 8 heteroatoms. The number of nitrogens with one attached hydrogen (secondary N) is 2. The summed E-state index contributed by atoms with van der Waals surface area (Å²) < 4.78 is 10.7. The van der Waals surface area contributed by atoms with E-state index < -0.39 is 11.0 Å². The van der Waals surface area contributed by atoms with Gasteiger partial charge in [0.1, 0.15) is 0 Å². The van der Waals surface area contributed by atoms with E-state index >= 15 is 0 Å². The molecule has 0 aromatic rings.